The molecular weight excluding hydrogens is 256 g/mol. The molecule has 0 amide bonds. The molecule has 0 spiro atoms. The van der Waals surface area contributed by atoms with Crippen LogP contribution in [0.5, 0.6) is 0 Å². The standard InChI is InChI=1S/C17H18N2.C2H6/c1-2-19-16-11-7-6-10-15(16)18-17(19)13-12-14-8-4-3-5-9-14;1-2/h4,6-13H,2-3,5H2,1H3;1-2H3/b13-12+;. The summed E-state index contributed by atoms with van der Waals surface area (Å²) in [5.74, 6) is 1.03. The highest BCUT2D eigenvalue weighted by molar-refractivity contribution is 5.78. The van der Waals surface area contributed by atoms with Gasteiger partial charge in [-0.2, -0.15) is 0 Å². The summed E-state index contributed by atoms with van der Waals surface area (Å²) in [4.78, 5) is 4.69. The van der Waals surface area contributed by atoms with Crippen LogP contribution in [0.3, 0.4) is 0 Å². The molecule has 1 heterocycles. The number of aryl methyl sites for hydroxylation is 1. The number of allylic oxidation sites excluding steroid dienone is 5. The Balaban J connectivity index is 0.000000774. The van der Waals surface area contributed by atoms with Crippen molar-refractivity contribution in [3.63, 3.8) is 0 Å². The van der Waals surface area contributed by atoms with Gasteiger partial charge in [0.2, 0.25) is 0 Å². The maximum Gasteiger partial charge on any atom is 0.133 e. The van der Waals surface area contributed by atoms with Gasteiger partial charge in [-0.05, 0) is 43.5 Å². The van der Waals surface area contributed by atoms with Crippen molar-refractivity contribution in [1.82, 2.24) is 9.55 Å². The van der Waals surface area contributed by atoms with E-state index >= 15 is 0 Å². The summed E-state index contributed by atoms with van der Waals surface area (Å²) < 4.78 is 2.25. The van der Waals surface area contributed by atoms with Gasteiger partial charge in [-0.25, -0.2) is 4.98 Å². The lowest BCUT2D eigenvalue weighted by atomic mass is 10.1. The fraction of sp³-hybridized carbons (Fsp3) is 0.316. The van der Waals surface area contributed by atoms with Crippen molar-refractivity contribution in [2.24, 2.45) is 0 Å². The molecule has 1 aromatic carbocycles. The van der Waals surface area contributed by atoms with E-state index in [0.29, 0.717) is 0 Å². The lowest BCUT2D eigenvalue weighted by Gasteiger charge is -2.03. The smallest absolute Gasteiger partial charge is 0.133 e. The molecule has 0 unspecified atom stereocenters. The van der Waals surface area contributed by atoms with Gasteiger partial charge in [-0.1, -0.05) is 50.3 Å². The van der Waals surface area contributed by atoms with E-state index in [0.717, 1.165) is 30.7 Å². The maximum atomic E-state index is 4.69. The molecule has 2 heteroatoms. The lowest BCUT2D eigenvalue weighted by Crippen LogP contribution is -1.96. The highest BCUT2D eigenvalue weighted by Gasteiger charge is 2.05. The van der Waals surface area contributed by atoms with E-state index < -0.39 is 0 Å². The average molecular weight is 280 g/mol. The van der Waals surface area contributed by atoms with E-state index in [1.54, 1.807) is 0 Å². The van der Waals surface area contributed by atoms with Crippen molar-refractivity contribution in [3.05, 3.63) is 60.0 Å². The summed E-state index contributed by atoms with van der Waals surface area (Å²) in [6.07, 6.45) is 13.2. The van der Waals surface area contributed by atoms with Crippen molar-refractivity contribution in [2.75, 3.05) is 0 Å². The number of imidazole rings is 1. The van der Waals surface area contributed by atoms with Gasteiger partial charge in [-0.3, -0.25) is 0 Å². The number of hydrogen-bond donors (Lipinski definition) is 0. The van der Waals surface area contributed by atoms with E-state index in [1.165, 1.54) is 11.1 Å². The molecule has 0 fully saturated rings. The summed E-state index contributed by atoms with van der Waals surface area (Å²) in [7, 11) is 0. The minimum absolute atomic E-state index is 0.940. The zero-order valence-corrected chi connectivity index (χ0v) is 13.2. The van der Waals surface area contributed by atoms with E-state index in [4.69, 9.17) is 4.98 Å². The molecule has 0 saturated carbocycles. The average Bonchev–Trinajstić information content (AvgIpc) is 2.93. The number of rotatable bonds is 3. The van der Waals surface area contributed by atoms with E-state index in [1.807, 2.05) is 19.9 Å². The molecule has 1 aliphatic rings. The topological polar surface area (TPSA) is 17.8 Å². The van der Waals surface area contributed by atoms with Crippen LogP contribution in [-0.4, -0.2) is 9.55 Å². The lowest BCUT2D eigenvalue weighted by molar-refractivity contribution is 0.777. The first kappa shape index (κ1) is 15.3. The minimum atomic E-state index is 0.940. The number of benzene rings is 1. The molecule has 2 nitrogen and oxygen atoms in total. The Morgan fingerprint density at radius 1 is 1.14 bits per heavy atom. The van der Waals surface area contributed by atoms with Crippen LogP contribution in [0.15, 0.2) is 54.1 Å². The van der Waals surface area contributed by atoms with Gasteiger partial charge >= 0.3 is 0 Å². The number of hydrogen-bond acceptors (Lipinski definition) is 1. The fourth-order valence-electron chi connectivity index (χ4n) is 2.48. The SMILES string of the molecule is CC.CCn1c(/C=C/C2=CCCC=C2)nc2ccccc21. The third-order valence-corrected chi connectivity index (χ3v) is 3.45. The van der Waals surface area contributed by atoms with Gasteiger partial charge in [0.05, 0.1) is 11.0 Å². The molecule has 0 N–H and O–H groups in total. The molecule has 1 aromatic heterocycles. The van der Waals surface area contributed by atoms with Crippen molar-refractivity contribution in [3.8, 4) is 0 Å². The summed E-state index contributed by atoms with van der Waals surface area (Å²) in [5.41, 5.74) is 3.55. The van der Waals surface area contributed by atoms with E-state index in [-0.39, 0.29) is 0 Å². The van der Waals surface area contributed by atoms with E-state index in [2.05, 4.69) is 60.1 Å². The Labute approximate surface area is 127 Å². The first-order valence-electron chi connectivity index (χ1n) is 7.88. The maximum absolute atomic E-state index is 4.69. The van der Waals surface area contributed by atoms with Gasteiger partial charge in [-0.15, -0.1) is 0 Å². The normalized spacial score (nSPS) is 14.1. The quantitative estimate of drug-likeness (QED) is 0.739. The zero-order chi connectivity index (χ0) is 15.1. The number of nitrogens with zero attached hydrogens (tertiary/aromatic N) is 2. The van der Waals surface area contributed by atoms with Crippen LogP contribution >= 0.6 is 0 Å². The molecule has 21 heavy (non-hydrogen) atoms. The monoisotopic (exact) mass is 280 g/mol. The van der Waals surface area contributed by atoms with Gasteiger partial charge in [0, 0.05) is 6.54 Å². The highest BCUT2D eigenvalue weighted by Crippen LogP contribution is 2.18. The predicted octanol–water partition coefficient (Wildman–Crippen LogP) is 5.37. The second-order valence-electron chi connectivity index (χ2n) is 4.72. The van der Waals surface area contributed by atoms with Crippen molar-refractivity contribution in [1.29, 1.82) is 0 Å². The van der Waals surface area contributed by atoms with Gasteiger partial charge in [0.15, 0.2) is 0 Å². The predicted molar refractivity (Wildman–Crippen MR) is 92.2 cm³/mol. The van der Waals surface area contributed by atoms with Crippen molar-refractivity contribution in [2.45, 2.75) is 40.2 Å². The fourth-order valence-corrected chi connectivity index (χ4v) is 2.48. The first-order chi connectivity index (χ1) is 10.4. The summed E-state index contributed by atoms with van der Waals surface area (Å²) in [6, 6.07) is 8.30. The largest absolute Gasteiger partial charge is 0.325 e. The molecule has 0 atom stereocenters. The Kier molecular flexibility index (Phi) is 5.56. The summed E-state index contributed by atoms with van der Waals surface area (Å²) in [6.45, 7) is 7.10. The second kappa shape index (κ2) is 7.63. The van der Waals surface area contributed by atoms with Crippen LogP contribution < -0.4 is 0 Å². The zero-order valence-electron chi connectivity index (χ0n) is 13.2. The minimum Gasteiger partial charge on any atom is -0.325 e. The molecule has 0 aliphatic heterocycles. The Bertz CT molecular complexity index is 672. The van der Waals surface area contributed by atoms with Crippen LogP contribution in [0.2, 0.25) is 0 Å². The van der Waals surface area contributed by atoms with Gasteiger partial charge < -0.3 is 4.57 Å². The Morgan fingerprint density at radius 2 is 1.95 bits per heavy atom. The molecule has 0 saturated heterocycles. The van der Waals surface area contributed by atoms with Crippen molar-refractivity contribution >= 4 is 17.1 Å². The summed E-state index contributed by atoms with van der Waals surface area (Å²) >= 11 is 0. The van der Waals surface area contributed by atoms with Crippen LogP contribution in [0.25, 0.3) is 17.1 Å². The van der Waals surface area contributed by atoms with Gasteiger partial charge in [0.1, 0.15) is 5.82 Å². The molecule has 110 valence electrons. The molecule has 0 bridgehead atoms. The first-order valence-corrected chi connectivity index (χ1v) is 7.88. The third kappa shape index (κ3) is 3.52. The molecular formula is C19H24N2. The van der Waals surface area contributed by atoms with Crippen LogP contribution in [0.1, 0.15) is 39.4 Å². The van der Waals surface area contributed by atoms with Crippen molar-refractivity contribution < 1.29 is 0 Å². The van der Waals surface area contributed by atoms with Crippen LogP contribution in [-0.2, 0) is 6.54 Å². The Hall–Kier alpha value is -2.09. The number of para-hydroxylation sites is 2. The number of aromatic nitrogens is 2. The highest BCUT2D eigenvalue weighted by atomic mass is 15.1. The molecule has 3 rings (SSSR count). The van der Waals surface area contributed by atoms with Crippen LogP contribution in [0.4, 0.5) is 0 Å². The molecule has 2 aromatic rings. The Morgan fingerprint density at radius 3 is 2.67 bits per heavy atom. The summed E-state index contributed by atoms with van der Waals surface area (Å²) in [5, 5.41) is 0. The number of fused-ring (bicyclic) bond motifs is 1. The van der Waals surface area contributed by atoms with Gasteiger partial charge in [0.25, 0.3) is 0 Å². The third-order valence-electron chi connectivity index (χ3n) is 3.45. The van der Waals surface area contributed by atoms with Crippen LogP contribution in [0, 0.1) is 0 Å². The molecule has 1 aliphatic carbocycles. The molecule has 0 radical (unpaired) electrons. The second-order valence-corrected chi connectivity index (χ2v) is 4.72. The van der Waals surface area contributed by atoms with E-state index in [9.17, 15) is 0 Å².